The lowest BCUT2D eigenvalue weighted by Gasteiger charge is -2.31. The van der Waals surface area contributed by atoms with Crippen LogP contribution in [0.25, 0.3) is 0 Å². The molecule has 0 aliphatic carbocycles. The van der Waals surface area contributed by atoms with E-state index in [-0.39, 0.29) is 12.7 Å². The van der Waals surface area contributed by atoms with Crippen molar-refractivity contribution in [1.82, 2.24) is 4.98 Å². The van der Waals surface area contributed by atoms with Crippen molar-refractivity contribution in [3.8, 4) is 17.2 Å². The van der Waals surface area contributed by atoms with Crippen LogP contribution in [-0.2, 0) is 0 Å². The van der Waals surface area contributed by atoms with Crippen molar-refractivity contribution in [2.45, 2.75) is 25.2 Å². The van der Waals surface area contributed by atoms with Crippen molar-refractivity contribution in [1.29, 1.82) is 0 Å². The summed E-state index contributed by atoms with van der Waals surface area (Å²) >= 11 is 0. The molecule has 0 saturated carbocycles. The van der Waals surface area contributed by atoms with Gasteiger partial charge in [-0.05, 0) is 42.8 Å². The largest absolute Gasteiger partial charge is 0.489 e. The fraction of sp³-hybridized carbons (Fsp3) is 0.227. The van der Waals surface area contributed by atoms with Gasteiger partial charge in [-0.2, -0.15) is 0 Å². The number of aliphatic hydroxyl groups is 1. The molecule has 27 heavy (non-hydrogen) atoms. The summed E-state index contributed by atoms with van der Waals surface area (Å²) in [6, 6.07) is 19.1. The van der Waals surface area contributed by atoms with E-state index >= 15 is 0 Å². The molecular formula is C22H21NO4. The maximum absolute atomic E-state index is 10.8. The van der Waals surface area contributed by atoms with Crippen molar-refractivity contribution in [3.05, 3.63) is 84.2 Å². The van der Waals surface area contributed by atoms with Crippen molar-refractivity contribution in [2.24, 2.45) is 0 Å². The molecule has 0 saturated heterocycles. The third-order valence-corrected chi connectivity index (χ3v) is 4.56. The van der Waals surface area contributed by atoms with E-state index in [9.17, 15) is 5.11 Å². The Kier molecular flexibility index (Phi) is 4.94. The fourth-order valence-corrected chi connectivity index (χ4v) is 3.11. The Balaban J connectivity index is 1.51. The highest BCUT2D eigenvalue weighted by Crippen LogP contribution is 2.37. The first-order chi connectivity index (χ1) is 13.2. The third-order valence-electron chi connectivity index (χ3n) is 4.56. The number of pyridine rings is 1. The standard InChI is InChI=1S/C22H21NO4/c1-15(16-6-3-2-4-7-16)26-17-9-10-20-19(12-17)22(24)21(14-25-20)27-18-8-5-11-23-13-18/h2-13,15,21-22,24H,14H2,1H3/t15?,21-,22+/m0/s1. The first kappa shape index (κ1) is 17.4. The van der Waals surface area contributed by atoms with E-state index in [1.54, 1.807) is 24.5 Å². The highest BCUT2D eigenvalue weighted by molar-refractivity contribution is 5.44. The molecule has 0 bridgehead atoms. The summed E-state index contributed by atoms with van der Waals surface area (Å²) in [5.41, 5.74) is 1.75. The van der Waals surface area contributed by atoms with E-state index in [0.717, 1.165) is 5.56 Å². The Morgan fingerprint density at radius 3 is 2.70 bits per heavy atom. The summed E-state index contributed by atoms with van der Waals surface area (Å²) in [4.78, 5) is 4.03. The minimum Gasteiger partial charge on any atom is -0.489 e. The molecule has 0 radical (unpaired) electrons. The van der Waals surface area contributed by atoms with Crippen molar-refractivity contribution in [3.63, 3.8) is 0 Å². The maximum atomic E-state index is 10.8. The zero-order chi connectivity index (χ0) is 18.6. The van der Waals surface area contributed by atoms with Crippen molar-refractivity contribution >= 4 is 0 Å². The molecule has 3 atom stereocenters. The van der Waals surface area contributed by atoms with Gasteiger partial charge < -0.3 is 19.3 Å². The van der Waals surface area contributed by atoms with Crippen LogP contribution < -0.4 is 14.2 Å². The Bertz CT molecular complexity index is 885. The minimum absolute atomic E-state index is 0.103. The molecule has 4 rings (SSSR count). The molecular weight excluding hydrogens is 342 g/mol. The second-order valence-corrected chi connectivity index (χ2v) is 6.47. The number of ether oxygens (including phenoxy) is 3. The number of nitrogens with zero attached hydrogens (tertiary/aromatic N) is 1. The van der Waals surface area contributed by atoms with Crippen LogP contribution in [-0.4, -0.2) is 22.8 Å². The van der Waals surface area contributed by atoms with Crippen LogP contribution in [0.1, 0.15) is 30.3 Å². The van der Waals surface area contributed by atoms with Gasteiger partial charge in [-0.15, -0.1) is 0 Å². The number of rotatable bonds is 5. The highest BCUT2D eigenvalue weighted by atomic mass is 16.5. The average molecular weight is 363 g/mol. The van der Waals surface area contributed by atoms with Gasteiger partial charge in [0, 0.05) is 11.8 Å². The van der Waals surface area contributed by atoms with Crippen molar-refractivity contribution < 1.29 is 19.3 Å². The van der Waals surface area contributed by atoms with Gasteiger partial charge >= 0.3 is 0 Å². The Morgan fingerprint density at radius 2 is 1.93 bits per heavy atom. The molecule has 3 aromatic rings. The zero-order valence-corrected chi connectivity index (χ0v) is 15.0. The first-order valence-electron chi connectivity index (χ1n) is 8.94. The SMILES string of the molecule is CC(Oc1ccc2c(c1)[C@@H](O)[C@@H](Oc1cccnc1)CO2)c1ccccc1. The molecule has 5 nitrogen and oxygen atoms in total. The number of benzene rings is 2. The van der Waals surface area contributed by atoms with Gasteiger partial charge in [0.2, 0.25) is 0 Å². The van der Waals surface area contributed by atoms with Gasteiger partial charge in [0.15, 0.2) is 6.10 Å². The average Bonchev–Trinajstić information content (AvgIpc) is 2.72. The Labute approximate surface area is 158 Å². The van der Waals surface area contributed by atoms with E-state index in [1.165, 1.54) is 0 Å². The maximum Gasteiger partial charge on any atom is 0.163 e. The number of aliphatic hydroxyl groups excluding tert-OH is 1. The zero-order valence-electron chi connectivity index (χ0n) is 15.0. The lowest BCUT2D eigenvalue weighted by Crippen LogP contribution is -2.35. The fourth-order valence-electron chi connectivity index (χ4n) is 3.11. The van der Waals surface area contributed by atoms with Crippen LogP contribution in [0.2, 0.25) is 0 Å². The lowest BCUT2D eigenvalue weighted by atomic mass is 10.0. The summed E-state index contributed by atoms with van der Waals surface area (Å²) in [5.74, 6) is 1.92. The molecule has 138 valence electrons. The van der Waals surface area contributed by atoms with Crippen LogP contribution in [0, 0.1) is 0 Å². The van der Waals surface area contributed by atoms with Gasteiger partial charge in [-0.25, -0.2) is 0 Å². The van der Waals surface area contributed by atoms with Gasteiger partial charge in [0.25, 0.3) is 0 Å². The molecule has 0 fully saturated rings. The van der Waals surface area contributed by atoms with E-state index in [4.69, 9.17) is 14.2 Å². The quantitative estimate of drug-likeness (QED) is 0.740. The van der Waals surface area contributed by atoms with E-state index in [0.29, 0.717) is 22.8 Å². The van der Waals surface area contributed by atoms with Gasteiger partial charge in [0.1, 0.15) is 36.1 Å². The minimum atomic E-state index is -0.815. The molecule has 5 heteroatoms. The molecule has 2 aromatic carbocycles. The van der Waals surface area contributed by atoms with E-state index in [1.807, 2.05) is 55.5 Å². The summed E-state index contributed by atoms with van der Waals surface area (Å²) in [7, 11) is 0. The van der Waals surface area contributed by atoms with Gasteiger partial charge in [0.05, 0.1) is 6.20 Å². The molecule has 1 aliphatic rings. The summed E-state index contributed by atoms with van der Waals surface area (Å²) in [6.07, 6.45) is 1.86. The monoisotopic (exact) mass is 363 g/mol. The first-order valence-corrected chi connectivity index (χ1v) is 8.94. The van der Waals surface area contributed by atoms with Crippen LogP contribution in [0.5, 0.6) is 17.2 Å². The highest BCUT2D eigenvalue weighted by Gasteiger charge is 2.31. The predicted molar refractivity (Wildman–Crippen MR) is 101 cm³/mol. The predicted octanol–water partition coefficient (Wildman–Crippen LogP) is 4.10. The molecule has 0 spiro atoms. The van der Waals surface area contributed by atoms with Crippen LogP contribution in [0.3, 0.4) is 0 Å². The van der Waals surface area contributed by atoms with Crippen LogP contribution in [0.4, 0.5) is 0 Å². The number of fused-ring (bicyclic) bond motifs is 1. The molecule has 0 amide bonds. The van der Waals surface area contributed by atoms with Crippen LogP contribution >= 0.6 is 0 Å². The van der Waals surface area contributed by atoms with Gasteiger partial charge in [-0.1, -0.05) is 30.3 Å². The van der Waals surface area contributed by atoms with Crippen molar-refractivity contribution in [2.75, 3.05) is 6.61 Å². The summed E-state index contributed by atoms with van der Waals surface area (Å²) < 4.78 is 17.6. The molecule has 1 unspecified atom stereocenters. The summed E-state index contributed by atoms with van der Waals surface area (Å²) in [5, 5.41) is 10.8. The lowest BCUT2D eigenvalue weighted by molar-refractivity contribution is -0.0106. The Morgan fingerprint density at radius 1 is 1.07 bits per heavy atom. The second-order valence-electron chi connectivity index (χ2n) is 6.47. The van der Waals surface area contributed by atoms with E-state index in [2.05, 4.69) is 4.98 Å². The van der Waals surface area contributed by atoms with Gasteiger partial charge in [-0.3, -0.25) is 4.98 Å². The number of hydrogen-bond donors (Lipinski definition) is 1. The smallest absolute Gasteiger partial charge is 0.163 e. The second kappa shape index (κ2) is 7.68. The molecule has 1 aliphatic heterocycles. The van der Waals surface area contributed by atoms with Crippen LogP contribution in [0.15, 0.2) is 73.1 Å². The number of aromatic nitrogens is 1. The molecule has 1 N–H and O–H groups in total. The van der Waals surface area contributed by atoms with E-state index < -0.39 is 12.2 Å². The normalized spacial score (nSPS) is 19.5. The molecule has 1 aromatic heterocycles. The topological polar surface area (TPSA) is 60.8 Å². The summed E-state index contributed by atoms with van der Waals surface area (Å²) in [6.45, 7) is 2.26. The number of hydrogen-bond acceptors (Lipinski definition) is 5. The third kappa shape index (κ3) is 3.88. The molecule has 2 heterocycles. The Hall–Kier alpha value is -3.05.